The molecule has 0 saturated heterocycles. The van der Waals surface area contributed by atoms with Gasteiger partial charge >= 0.3 is 0 Å². The Labute approximate surface area is 126 Å². The van der Waals surface area contributed by atoms with Gasteiger partial charge in [0, 0.05) is 11.5 Å². The summed E-state index contributed by atoms with van der Waals surface area (Å²) < 4.78 is 11.7. The Morgan fingerprint density at radius 3 is 2.00 bits per heavy atom. The van der Waals surface area contributed by atoms with Crippen LogP contribution in [0.1, 0.15) is 47.5 Å². The molecule has 0 bridgehead atoms. The summed E-state index contributed by atoms with van der Waals surface area (Å²) >= 11 is 9.27. The maximum absolute atomic E-state index is 5.83. The Bertz CT molecular complexity index is 233. The summed E-state index contributed by atoms with van der Waals surface area (Å²) in [6, 6.07) is 0. The molecule has 0 radical (unpaired) electrons. The van der Waals surface area contributed by atoms with E-state index in [4.69, 9.17) is 20.9 Å². The molecule has 0 spiro atoms. The van der Waals surface area contributed by atoms with Gasteiger partial charge in [0.2, 0.25) is 5.69 Å². The molecular weight excluding hydrogens is 303 g/mol. The molecule has 0 saturated carbocycles. The standard InChI is InChI=1S/C12H27O2PS3/c1-6-7-8-17-9-10-18-15(16,13-11(2)3)14-12(4)5/h11-12H,6-10H2,1-5H3. The van der Waals surface area contributed by atoms with Crippen molar-refractivity contribution < 1.29 is 9.05 Å². The summed E-state index contributed by atoms with van der Waals surface area (Å²) in [7, 11) is 0. The molecule has 6 heteroatoms. The number of hydrogen-bond acceptors (Lipinski definition) is 5. The Balaban J connectivity index is 3.97. The first-order chi connectivity index (χ1) is 8.39. The van der Waals surface area contributed by atoms with Crippen molar-refractivity contribution >= 4 is 40.6 Å². The second kappa shape index (κ2) is 11.0. The van der Waals surface area contributed by atoms with E-state index in [1.807, 2.05) is 39.5 Å². The topological polar surface area (TPSA) is 18.5 Å². The van der Waals surface area contributed by atoms with Crippen LogP contribution in [0.4, 0.5) is 0 Å². The molecule has 18 heavy (non-hydrogen) atoms. The van der Waals surface area contributed by atoms with E-state index in [0.29, 0.717) is 0 Å². The molecule has 0 aliphatic rings. The third-order valence-electron chi connectivity index (χ3n) is 1.80. The second-order valence-corrected chi connectivity index (χ2v) is 12.1. The van der Waals surface area contributed by atoms with Crippen molar-refractivity contribution in [2.75, 3.05) is 17.3 Å². The summed E-state index contributed by atoms with van der Waals surface area (Å²) in [5, 5.41) is 0. The van der Waals surface area contributed by atoms with Crippen LogP contribution < -0.4 is 0 Å². The molecule has 0 atom stereocenters. The van der Waals surface area contributed by atoms with Crippen LogP contribution in [-0.2, 0) is 20.9 Å². The molecule has 0 amide bonds. The van der Waals surface area contributed by atoms with E-state index in [0.717, 1.165) is 11.5 Å². The summed E-state index contributed by atoms with van der Waals surface area (Å²) in [5.74, 6) is 3.40. The third kappa shape index (κ3) is 11.1. The Hall–Kier alpha value is 1.27. The lowest BCUT2D eigenvalue weighted by molar-refractivity contribution is 0.186. The summed E-state index contributed by atoms with van der Waals surface area (Å²) in [4.78, 5) is 0. The molecule has 0 aliphatic heterocycles. The quantitative estimate of drug-likeness (QED) is 0.375. The van der Waals surface area contributed by atoms with E-state index in [-0.39, 0.29) is 12.2 Å². The van der Waals surface area contributed by atoms with Gasteiger partial charge in [-0.1, -0.05) is 24.7 Å². The Kier molecular flexibility index (Phi) is 11.8. The Morgan fingerprint density at radius 2 is 1.56 bits per heavy atom. The minimum atomic E-state index is -2.15. The monoisotopic (exact) mass is 330 g/mol. The smallest absolute Gasteiger partial charge is 0.247 e. The number of unbranched alkanes of at least 4 members (excludes halogenated alkanes) is 1. The van der Waals surface area contributed by atoms with Crippen LogP contribution in [0.3, 0.4) is 0 Å². The molecule has 0 aliphatic carbocycles. The van der Waals surface area contributed by atoms with Crippen LogP contribution in [-0.4, -0.2) is 29.5 Å². The highest BCUT2D eigenvalue weighted by Crippen LogP contribution is 2.62. The second-order valence-electron chi connectivity index (χ2n) is 4.55. The normalized spacial score (nSPS) is 12.6. The zero-order chi connectivity index (χ0) is 14.0. The van der Waals surface area contributed by atoms with E-state index in [9.17, 15) is 0 Å². The zero-order valence-electron chi connectivity index (χ0n) is 12.2. The average molecular weight is 331 g/mol. The van der Waals surface area contributed by atoms with Gasteiger partial charge in [0.1, 0.15) is 0 Å². The Morgan fingerprint density at radius 1 is 1.00 bits per heavy atom. The number of rotatable bonds is 11. The lowest BCUT2D eigenvalue weighted by atomic mass is 10.4. The van der Waals surface area contributed by atoms with Gasteiger partial charge in [-0.15, -0.1) is 0 Å². The predicted molar refractivity (Wildman–Crippen MR) is 91.4 cm³/mol. The molecule has 0 heterocycles. The van der Waals surface area contributed by atoms with Gasteiger partial charge in [-0.2, -0.15) is 11.8 Å². The van der Waals surface area contributed by atoms with Crippen molar-refractivity contribution in [3.8, 4) is 0 Å². The highest BCUT2D eigenvalue weighted by atomic mass is 32.9. The fraction of sp³-hybridized carbons (Fsp3) is 1.00. The fourth-order valence-corrected chi connectivity index (χ4v) is 8.50. The highest BCUT2D eigenvalue weighted by molar-refractivity contribution is 8.68. The van der Waals surface area contributed by atoms with E-state index in [2.05, 4.69) is 6.92 Å². The zero-order valence-corrected chi connectivity index (χ0v) is 15.5. The number of hydrogen-bond donors (Lipinski definition) is 0. The summed E-state index contributed by atoms with van der Waals surface area (Å²) in [5.41, 5.74) is -2.15. The van der Waals surface area contributed by atoms with Gasteiger partial charge in [-0.05, 0) is 51.7 Å². The van der Waals surface area contributed by atoms with Crippen molar-refractivity contribution in [3.05, 3.63) is 0 Å². The first kappa shape index (κ1) is 19.3. The lowest BCUT2D eigenvalue weighted by Gasteiger charge is -2.25. The maximum atomic E-state index is 5.83. The van der Waals surface area contributed by atoms with Crippen LogP contribution in [0.2, 0.25) is 0 Å². The van der Waals surface area contributed by atoms with Crippen molar-refractivity contribution in [1.29, 1.82) is 0 Å². The molecule has 110 valence electrons. The summed E-state index contributed by atoms with van der Waals surface area (Å²) in [6.45, 7) is 10.3. The molecule has 2 nitrogen and oxygen atoms in total. The molecule has 0 aromatic heterocycles. The van der Waals surface area contributed by atoms with E-state index in [1.54, 1.807) is 11.4 Å². The SMILES string of the molecule is CCCCSCCSP(=S)(OC(C)C)OC(C)C. The van der Waals surface area contributed by atoms with Crippen LogP contribution in [0.15, 0.2) is 0 Å². The van der Waals surface area contributed by atoms with Gasteiger partial charge in [0.15, 0.2) is 0 Å². The molecule has 0 aromatic carbocycles. The van der Waals surface area contributed by atoms with E-state index in [1.165, 1.54) is 18.6 Å². The van der Waals surface area contributed by atoms with Crippen LogP contribution in [0.5, 0.6) is 0 Å². The van der Waals surface area contributed by atoms with Crippen molar-refractivity contribution in [1.82, 2.24) is 0 Å². The van der Waals surface area contributed by atoms with E-state index < -0.39 is 5.69 Å². The van der Waals surface area contributed by atoms with Gasteiger partial charge < -0.3 is 9.05 Å². The minimum absolute atomic E-state index is 0.134. The third-order valence-corrected chi connectivity index (χ3v) is 8.67. The van der Waals surface area contributed by atoms with Crippen LogP contribution in [0.25, 0.3) is 0 Å². The molecule has 0 fully saturated rings. The molecule has 0 rings (SSSR count). The lowest BCUT2D eigenvalue weighted by Crippen LogP contribution is -2.06. The van der Waals surface area contributed by atoms with Gasteiger partial charge in [-0.25, -0.2) is 0 Å². The van der Waals surface area contributed by atoms with Crippen molar-refractivity contribution in [2.45, 2.75) is 59.7 Å². The van der Waals surface area contributed by atoms with Crippen LogP contribution >= 0.6 is 28.8 Å². The van der Waals surface area contributed by atoms with Crippen molar-refractivity contribution in [2.24, 2.45) is 0 Å². The first-order valence-electron chi connectivity index (χ1n) is 6.58. The van der Waals surface area contributed by atoms with E-state index >= 15 is 0 Å². The van der Waals surface area contributed by atoms with Gasteiger partial charge in [0.05, 0.1) is 12.2 Å². The summed E-state index contributed by atoms with van der Waals surface area (Å²) in [6.07, 6.45) is 2.84. The average Bonchev–Trinajstić information content (AvgIpc) is 2.20. The molecule has 0 unspecified atom stereocenters. The molecular formula is C12H27O2PS3. The maximum Gasteiger partial charge on any atom is 0.247 e. The van der Waals surface area contributed by atoms with Gasteiger partial charge in [0.25, 0.3) is 0 Å². The number of thioether (sulfide) groups is 1. The molecule has 0 aromatic rings. The predicted octanol–water partition coefficient (Wildman–Crippen LogP) is 5.33. The van der Waals surface area contributed by atoms with Crippen LogP contribution in [0, 0.1) is 0 Å². The minimum Gasteiger partial charge on any atom is -0.319 e. The van der Waals surface area contributed by atoms with Crippen molar-refractivity contribution in [3.63, 3.8) is 0 Å². The first-order valence-corrected chi connectivity index (χ1v) is 12.0. The largest absolute Gasteiger partial charge is 0.319 e. The fourth-order valence-electron chi connectivity index (χ4n) is 1.16. The van der Waals surface area contributed by atoms with Gasteiger partial charge in [-0.3, -0.25) is 0 Å². The molecule has 0 N–H and O–H groups in total. The highest BCUT2D eigenvalue weighted by Gasteiger charge is 2.22.